The largest absolute Gasteiger partial charge is 0.444 e. The van der Waals surface area contributed by atoms with Crippen molar-refractivity contribution in [3.05, 3.63) is 64.8 Å². The van der Waals surface area contributed by atoms with Gasteiger partial charge in [0.1, 0.15) is 11.4 Å². The summed E-state index contributed by atoms with van der Waals surface area (Å²) in [6, 6.07) is 12.5. The van der Waals surface area contributed by atoms with E-state index in [9.17, 15) is 9.59 Å². The van der Waals surface area contributed by atoms with Crippen LogP contribution in [0.3, 0.4) is 0 Å². The molecule has 0 unspecified atom stereocenters. The monoisotopic (exact) mass is 438 g/mol. The van der Waals surface area contributed by atoms with Crippen LogP contribution in [-0.4, -0.2) is 45.6 Å². The minimum Gasteiger partial charge on any atom is -0.444 e. The van der Waals surface area contributed by atoms with Gasteiger partial charge in [-0.3, -0.25) is 4.79 Å². The molecule has 8 heteroatoms. The van der Waals surface area contributed by atoms with Crippen molar-refractivity contribution >= 4 is 40.5 Å². The van der Waals surface area contributed by atoms with E-state index in [1.165, 1.54) is 0 Å². The van der Waals surface area contributed by atoms with Gasteiger partial charge in [0.2, 0.25) is 0 Å². The Morgan fingerprint density at radius 3 is 2.68 bits per heavy atom. The molecule has 2 aromatic heterocycles. The third-order valence-corrected chi connectivity index (χ3v) is 5.28. The van der Waals surface area contributed by atoms with Gasteiger partial charge >= 0.3 is 6.09 Å². The first-order valence-corrected chi connectivity index (χ1v) is 10.4. The summed E-state index contributed by atoms with van der Waals surface area (Å²) in [6.45, 7) is 6.50. The average Bonchev–Trinajstić information content (AvgIpc) is 2.66. The van der Waals surface area contributed by atoms with Gasteiger partial charge in [0.25, 0.3) is 5.91 Å². The number of benzene rings is 1. The maximum absolute atomic E-state index is 12.8. The zero-order chi connectivity index (χ0) is 22.2. The molecule has 1 N–H and O–H groups in total. The van der Waals surface area contributed by atoms with Crippen LogP contribution in [0, 0.1) is 0 Å². The summed E-state index contributed by atoms with van der Waals surface area (Å²) in [5, 5.41) is 4.27. The summed E-state index contributed by atoms with van der Waals surface area (Å²) in [6.07, 6.45) is 1.32. The molecule has 4 rings (SSSR count). The van der Waals surface area contributed by atoms with Gasteiger partial charge in [0.05, 0.1) is 0 Å². The molecular formula is C23H23ClN4O3. The Balaban J connectivity index is 1.45. The highest BCUT2D eigenvalue weighted by Gasteiger charge is 2.35. The smallest absolute Gasteiger partial charge is 0.410 e. The molecule has 0 aliphatic carbocycles. The van der Waals surface area contributed by atoms with Crippen molar-refractivity contribution in [3.8, 4) is 0 Å². The number of carbonyl (C=O) groups excluding carboxylic acids is 2. The van der Waals surface area contributed by atoms with Crippen molar-refractivity contribution in [3.63, 3.8) is 0 Å². The van der Waals surface area contributed by atoms with Crippen LogP contribution in [-0.2, 0) is 4.74 Å². The molecule has 0 bridgehead atoms. The fourth-order valence-corrected chi connectivity index (χ4v) is 3.63. The van der Waals surface area contributed by atoms with Crippen LogP contribution >= 0.6 is 11.6 Å². The number of rotatable bonds is 3. The van der Waals surface area contributed by atoms with E-state index in [-0.39, 0.29) is 17.9 Å². The number of ether oxygens (including phenoxy) is 1. The second-order valence-corrected chi connectivity index (χ2v) is 8.93. The SMILES string of the molecule is CC(C)(C)OC(=O)N1CC(c2cc(C(=O)Nc3ccc4cccnc4n3)ccc2Cl)C1. The average molecular weight is 439 g/mol. The maximum atomic E-state index is 12.8. The molecule has 3 heterocycles. The van der Waals surface area contributed by atoms with Crippen LogP contribution in [0.1, 0.15) is 42.6 Å². The first kappa shape index (κ1) is 21.1. The number of carbonyl (C=O) groups is 2. The lowest BCUT2D eigenvalue weighted by atomic mass is 9.90. The minimum absolute atomic E-state index is 0.0516. The predicted molar refractivity (Wildman–Crippen MR) is 119 cm³/mol. The summed E-state index contributed by atoms with van der Waals surface area (Å²) in [5.41, 5.74) is 1.33. The van der Waals surface area contributed by atoms with Gasteiger partial charge in [0, 0.05) is 41.2 Å². The Kier molecular flexibility index (Phi) is 5.54. The van der Waals surface area contributed by atoms with Crippen molar-refractivity contribution in [2.75, 3.05) is 18.4 Å². The van der Waals surface area contributed by atoms with Crippen LogP contribution in [0.25, 0.3) is 11.0 Å². The van der Waals surface area contributed by atoms with Gasteiger partial charge in [-0.05, 0) is 68.8 Å². The molecule has 1 aromatic carbocycles. The van der Waals surface area contributed by atoms with Crippen LogP contribution in [0.5, 0.6) is 0 Å². The Hall–Kier alpha value is -3.19. The number of hydrogen-bond donors (Lipinski definition) is 1. The fourth-order valence-electron chi connectivity index (χ4n) is 3.36. The molecule has 0 radical (unpaired) electrons. The molecule has 1 saturated heterocycles. The van der Waals surface area contributed by atoms with Gasteiger partial charge in [-0.15, -0.1) is 0 Å². The van der Waals surface area contributed by atoms with Crippen molar-refractivity contribution in [2.24, 2.45) is 0 Å². The third-order valence-electron chi connectivity index (χ3n) is 4.94. The van der Waals surface area contributed by atoms with Crippen molar-refractivity contribution in [1.82, 2.24) is 14.9 Å². The van der Waals surface area contributed by atoms with E-state index < -0.39 is 5.60 Å². The van der Waals surface area contributed by atoms with Crippen LogP contribution in [0.15, 0.2) is 48.7 Å². The topological polar surface area (TPSA) is 84.4 Å². The zero-order valence-electron chi connectivity index (χ0n) is 17.6. The zero-order valence-corrected chi connectivity index (χ0v) is 18.3. The molecule has 7 nitrogen and oxygen atoms in total. The number of hydrogen-bond acceptors (Lipinski definition) is 5. The summed E-state index contributed by atoms with van der Waals surface area (Å²) in [7, 11) is 0. The number of nitrogens with zero attached hydrogens (tertiary/aromatic N) is 3. The second-order valence-electron chi connectivity index (χ2n) is 8.52. The predicted octanol–water partition coefficient (Wildman–Crippen LogP) is 4.87. The maximum Gasteiger partial charge on any atom is 0.410 e. The lowest BCUT2D eigenvalue weighted by Crippen LogP contribution is -2.50. The number of pyridine rings is 2. The molecule has 3 aromatic rings. The van der Waals surface area contributed by atoms with Crippen LogP contribution in [0.4, 0.5) is 10.6 Å². The van der Waals surface area contributed by atoms with Gasteiger partial charge in [-0.1, -0.05) is 11.6 Å². The Bertz CT molecular complexity index is 1150. The molecule has 2 amide bonds. The van der Waals surface area contributed by atoms with Gasteiger partial charge in [0.15, 0.2) is 5.65 Å². The molecule has 0 spiro atoms. The molecule has 0 atom stereocenters. The lowest BCUT2D eigenvalue weighted by Gasteiger charge is -2.40. The van der Waals surface area contributed by atoms with Gasteiger partial charge in [-0.2, -0.15) is 0 Å². The van der Waals surface area contributed by atoms with E-state index >= 15 is 0 Å². The van der Waals surface area contributed by atoms with E-state index in [0.29, 0.717) is 35.1 Å². The van der Waals surface area contributed by atoms with E-state index in [2.05, 4.69) is 15.3 Å². The third kappa shape index (κ3) is 4.77. The normalized spacial score (nSPS) is 14.3. The number of anilines is 1. The van der Waals surface area contributed by atoms with Crippen LogP contribution < -0.4 is 5.32 Å². The van der Waals surface area contributed by atoms with Crippen molar-refractivity contribution in [1.29, 1.82) is 0 Å². The standard InChI is InChI=1S/C23H23ClN4O3/c1-23(2,3)31-22(30)28-12-16(13-28)17-11-15(6-8-18(17)24)21(29)27-19-9-7-14-5-4-10-25-20(14)26-19/h4-11,16H,12-13H2,1-3H3,(H,25,26,27,29). The van der Waals surface area contributed by atoms with Crippen molar-refractivity contribution < 1.29 is 14.3 Å². The Labute approximate surface area is 185 Å². The molecule has 1 fully saturated rings. The lowest BCUT2D eigenvalue weighted by molar-refractivity contribution is 0.00818. The number of halogens is 1. The molecular weight excluding hydrogens is 416 g/mol. The Morgan fingerprint density at radius 1 is 1.16 bits per heavy atom. The summed E-state index contributed by atoms with van der Waals surface area (Å²) >= 11 is 6.38. The molecule has 160 valence electrons. The van der Waals surface area contributed by atoms with Crippen molar-refractivity contribution in [2.45, 2.75) is 32.3 Å². The summed E-state index contributed by atoms with van der Waals surface area (Å²) in [4.78, 5) is 35.2. The Morgan fingerprint density at radius 2 is 1.94 bits per heavy atom. The summed E-state index contributed by atoms with van der Waals surface area (Å²) < 4.78 is 5.39. The molecule has 0 saturated carbocycles. The highest BCUT2D eigenvalue weighted by Crippen LogP contribution is 2.33. The summed E-state index contributed by atoms with van der Waals surface area (Å²) in [5.74, 6) is 0.187. The number of amides is 2. The van der Waals surface area contributed by atoms with E-state index in [4.69, 9.17) is 16.3 Å². The van der Waals surface area contributed by atoms with E-state index in [1.54, 1.807) is 35.4 Å². The number of aromatic nitrogens is 2. The van der Waals surface area contributed by atoms with Crippen LogP contribution in [0.2, 0.25) is 5.02 Å². The van der Waals surface area contributed by atoms with Gasteiger partial charge in [-0.25, -0.2) is 14.8 Å². The second kappa shape index (κ2) is 8.15. The number of nitrogens with one attached hydrogen (secondary N) is 1. The number of fused-ring (bicyclic) bond motifs is 1. The molecule has 31 heavy (non-hydrogen) atoms. The molecule has 1 aliphatic heterocycles. The van der Waals surface area contributed by atoms with E-state index in [0.717, 1.165) is 10.9 Å². The first-order chi connectivity index (χ1) is 14.7. The molecule has 1 aliphatic rings. The van der Waals surface area contributed by atoms with E-state index in [1.807, 2.05) is 39.0 Å². The highest BCUT2D eigenvalue weighted by molar-refractivity contribution is 6.31. The number of likely N-dealkylation sites (tertiary alicyclic amines) is 1. The quantitative estimate of drug-likeness (QED) is 0.630. The minimum atomic E-state index is -0.538. The fraction of sp³-hybridized carbons (Fsp3) is 0.304. The van der Waals surface area contributed by atoms with Gasteiger partial charge < -0.3 is 15.0 Å². The first-order valence-electron chi connectivity index (χ1n) is 10.00. The highest BCUT2D eigenvalue weighted by atomic mass is 35.5.